The molecule has 0 spiro atoms. The number of aliphatic imine (C=N–C) groups is 1. The van der Waals surface area contributed by atoms with Crippen molar-refractivity contribution >= 4 is 29.9 Å². The molecule has 1 fully saturated rings. The first-order chi connectivity index (χ1) is 10.8. The third-order valence-corrected chi connectivity index (χ3v) is 3.60. The molecule has 1 aliphatic rings. The van der Waals surface area contributed by atoms with Crippen LogP contribution in [0.25, 0.3) is 0 Å². The summed E-state index contributed by atoms with van der Waals surface area (Å²) in [5.41, 5.74) is -0.0376. The van der Waals surface area contributed by atoms with Gasteiger partial charge in [0.05, 0.1) is 25.3 Å². The van der Waals surface area contributed by atoms with Crippen LogP contribution in [0.3, 0.4) is 0 Å². The lowest BCUT2D eigenvalue weighted by Gasteiger charge is -2.38. The largest absolute Gasteiger partial charge is 0.416 e. The van der Waals surface area contributed by atoms with Gasteiger partial charge in [-0.2, -0.15) is 13.2 Å². The van der Waals surface area contributed by atoms with Crippen molar-refractivity contribution in [2.75, 3.05) is 26.3 Å². The van der Waals surface area contributed by atoms with E-state index in [1.54, 1.807) is 6.07 Å². The molecule has 1 saturated heterocycles. The number of hydrogen-bond donors (Lipinski definition) is 2. The first-order valence-electron chi connectivity index (χ1n) is 7.58. The van der Waals surface area contributed by atoms with E-state index in [4.69, 9.17) is 4.74 Å². The lowest BCUT2D eigenvalue weighted by atomic mass is 9.89. The van der Waals surface area contributed by atoms with Crippen LogP contribution < -0.4 is 10.6 Å². The van der Waals surface area contributed by atoms with Crippen molar-refractivity contribution in [3.63, 3.8) is 0 Å². The average molecular weight is 457 g/mol. The maximum Gasteiger partial charge on any atom is 0.416 e. The molecule has 24 heavy (non-hydrogen) atoms. The van der Waals surface area contributed by atoms with Gasteiger partial charge in [0, 0.05) is 18.5 Å². The molecular formula is C16H23F3IN3O. The Morgan fingerprint density at radius 2 is 2.00 bits per heavy atom. The Bertz CT molecular complexity index is 560. The molecule has 0 aromatic heterocycles. The zero-order valence-corrected chi connectivity index (χ0v) is 16.1. The fourth-order valence-corrected chi connectivity index (χ4v) is 2.21. The van der Waals surface area contributed by atoms with Gasteiger partial charge >= 0.3 is 6.18 Å². The zero-order valence-electron chi connectivity index (χ0n) is 13.7. The molecule has 1 aromatic carbocycles. The number of halogens is 4. The first-order valence-corrected chi connectivity index (χ1v) is 7.58. The fourth-order valence-electron chi connectivity index (χ4n) is 2.21. The monoisotopic (exact) mass is 457 g/mol. The molecule has 0 atom stereocenters. The average Bonchev–Trinajstić information content (AvgIpc) is 2.47. The molecule has 1 aromatic rings. The number of nitrogens with zero attached hydrogens (tertiary/aromatic N) is 1. The van der Waals surface area contributed by atoms with Crippen molar-refractivity contribution in [2.24, 2.45) is 10.4 Å². The number of benzene rings is 1. The highest BCUT2D eigenvalue weighted by molar-refractivity contribution is 14.0. The van der Waals surface area contributed by atoms with E-state index in [9.17, 15) is 13.2 Å². The molecule has 0 bridgehead atoms. The standard InChI is InChI=1S/C16H22F3N3O.HI/c1-3-20-14(22-9-15(2)10-23-11-15)21-8-12-5-4-6-13(7-12)16(17,18)19;/h4-7H,3,8-11H2,1-2H3,(H2,20,21,22);1H. The lowest BCUT2D eigenvalue weighted by molar-refractivity contribution is -0.137. The second kappa shape index (κ2) is 8.89. The molecule has 0 aliphatic carbocycles. The Balaban J connectivity index is 0.00000288. The van der Waals surface area contributed by atoms with Crippen LogP contribution in [0.4, 0.5) is 13.2 Å². The molecule has 0 radical (unpaired) electrons. The highest BCUT2D eigenvalue weighted by Crippen LogP contribution is 2.29. The maximum atomic E-state index is 12.7. The summed E-state index contributed by atoms with van der Waals surface area (Å²) < 4.78 is 43.3. The number of rotatable bonds is 5. The molecule has 0 unspecified atom stereocenters. The van der Waals surface area contributed by atoms with Crippen molar-refractivity contribution in [3.05, 3.63) is 35.4 Å². The van der Waals surface area contributed by atoms with Gasteiger partial charge in [-0.05, 0) is 24.6 Å². The SMILES string of the molecule is CCNC(=NCc1cccc(C(F)(F)F)c1)NCC1(C)COC1.I. The van der Waals surface area contributed by atoms with Crippen LogP contribution in [0.5, 0.6) is 0 Å². The van der Waals surface area contributed by atoms with Gasteiger partial charge in [0.1, 0.15) is 0 Å². The number of alkyl halides is 3. The minimum absolute atomic E-state index is 0. The molecular weight excluding hydrogens is 434 g/mol. The fraction of sp³-hybridized carbons (Fsp3) is 0.562. The van der Waals surface area contributed by atoms with Gasteiger partial charge in [-0.15, -0.1) is 24.0 Å². The molecule has 136 valence electrons. The second-order valence-corrected chi connectivity index (χ2v) is 6.05. The zero-order chi connectivity index (χ0) is 16.9. The highest BCUT2D eigenvalue weighted by atomic mass is 127. The van der Waals surface area contributed by atoms with Gasteiger partial charge in [0.25, 0.3) is 0 Å². The van der Waals surface area contributed by atoms with Crippen LogP contribution in [0.1, 0.15) is 25.0 Å². The van der Waals surface area contributed by atoms with Gasteiger partial charge in [0.2, 0.25) is 0 Å². The number of hydrogen-bond acceptors (Lipinski definition) is 2. The minimum atomic E-state index is -4.33. The van der Waals surface area contributed by atoms with Crippen molar-refractivity contribution < 1.29 is 17.9 Å². The molecule has 2 rings (SSSR count). The van der Waals surface area contributed by atoms with Crippen LogP contribution in [0, 0.1) is 5.41 Å². The molecule has 0 saturated carbocycles. The first kappa shape index (κ1) is 21.0. The van der Waals surface area contributed by atoms with E-state index in [1.807, 2.05) is 6.92 Å². The molecule has 1 aliphatic heterocycles. The molecule has 4 nitrogen and oxygen atoms in total. The van der Waals surface area contributed by atoms with E-state index < -0.39 is 11.7 Å². The van der Waals surface area contributed by atoms with Crippen molar-refractivity contribution in [2.45, 2.75) is 26.6 Å². The number of nitrogens with one attached hydrogen (secondary N) is 2. The van der Waals surface area contributed by atoms with Crippen LogP contribution in [-0.4, -0.2) is 32.3 Å². The minimum Gasteiger partial charge on any atom is -0.380 e. The Labute approximate surface area is 157 Å². The molecule has 0 amide bonds. The lowest BCUT2D eigenvalue weighted by Crippen LogP contribution is -2.51. The van der Waals surface area contributed by atoms with Gasteiger partial charge in [-0.25, -0.2) is 4.99 Å². The van der Waals surface area contributed by atoms with Gasteiger partial charge in [-0.1, -0.05) is 19.1 Å². The summed E-state index contributed by atoms with van der Waals surface area (Å²) in [6.07, 6.45) is -4.33. The molecule has 8 heteroatoms. The van der Waals surface area contributed by atoms with E-state index in [0.29, 0.717) is 37.8 Å². The predicted octanol–water partition coefficient (Wildman–Crippen LogP) is 3.42. The summed E-state index contributed by atoms with van der Waals surface area (Å²) in [5, 5.41) is 6.31. The summed E-state index contributed by atoms with van der Waals surface area (Å²) >= 11 is 0. The van der Waals surface area contributed by atoms with Crippen LogP contribution >= 0.6 is 24.0 Å². The quantitative estimate of drug-likeness (QED) is 0.405. The maximum absolute atomic E-state index is 12.7. The Morgan fingerprint density at radius 3 is 2.54 bits per heavy atom. The van der Waals surface area contributed by atoms with Gasteiger partial charge < -0.3 is 15.4 Å². The molecule has 1 heterocycles. The topological polar surface area (TPSA) is 45.7 Å². The van der Waals surface area contributed by atoms with E-state index in [-0.39, 0.29) is 35.9 Å². The summed E-state index contributed by atoms with van der Waals surface area (Å²) in [6, 6.07) is 5.24. The van der Waals surface area contributed by atoms with Crippen molar-refractivity contribution in [1.82, 2.24) is 10.6 Å². The summed E-state index contributed by atoms with van der Waals surface area (Å²) in [5.74, 6) is 0.595. The van der Waals surface area contributed by atoms with Crippen LogP contribution in [0.2, 0.25) is 0 Å². The highest BCUT2D eigenvalue weighted by Gasteiger charge is 2.33. The molecule has 2 N–H and O–H groups in total. The third kappa shape index (κ3) is 6.12. The van der Waals surface area contributed by atoms with Crippen molar-refractivity contribution in [1.29, 1.82) is 0 Å². The van der Waals surface area contributed by atoms with E-state index in [2.05, 4.69) is 22.5 Å². The smallest absolute Gasteiger partial charge is 0.380 e. The van der Waals surface area contributed by atoms with Crippen LogP contribution in [0.15, 0.2) is 29.3 Å². The van der Waals surface area contributed by atoms with Crippen molar-refractivity contribution in [3.8, 4) is 0 Å². The number of guanidine groups is 1. The van der Waals surface area contributed by atoms with E-state index >= 15 is 0 Å². The number of ether oxygens (including phenoxy) is 1. The van der Waals surface area contributed by atoms with Gasteiger partial charge in [0.15, 0.2) is 5.96 Å². The Morgan fingerprint density at radius 1 is 1.29 bits per heavy atom. The normalized spacial score (nSPS) is 16.8. The Kier molecular flexibility index (Phi) is 7.78. The van der Waals surface area contributed by atoms with E-state index in [1.165, 1.54) is 6.07 Å². The van der Waals surface area contributed by atoms with Gasteiger partial charge in [-0.3, -0.25) is 0 Å². The van der Waals surface area contributed by atoms with E-state index in [0.717, 1.165) is 12.1 Å². The van der Waals surface area contributed by atoms with Crippen LogP contribution in [-0.2, 0) is 17.5 Å². The summed E-state index contributed by atoms with van der Waals surface area (Å²) in [7, 11) is 0. The summed E-state index contributed by atoms with van der Waals surface area (Å²) in [6.45, 7) is 7.03. The second-order valence-electron chi connectivity index (χ2n) is 6.05. The Hall–Kier alpha value is -1.03. The summed E-state index contributed by atoms with van der Waals surface area (Å²) in [4.78, 5) is 4.35. The predicted molar refractivity (Wildman–Crippen MR) is 98.6 cm³/mol. The third-order valence-electron chi connectivity index (χ3n) is 3.60.